The standard InChI is InChI=1S/C10H12N2S/c1-7-5-9(7)10-12-8(6-13-10)3-2-4-11/h6-7,9H,2-3,5H2,1H3. The molecular formula is C10H12N2S. The molecular weight excluding hydrogens is 180 g/mol. The van der Waals surface area contributed by atoms with Gasteiger partial charge in [-0.15, -0.1) is 11.3 Å². The summed E-state index contributed by atoms with van der Waals surface area (Å²) >= 11 is 1.75. The molecule has 0 radical (unpaired) electrons. The number of nitriles is 1. The molecule has 1 heterocycles. The third kappa shape index (κ3) is 1.89. The summed E-state index contributed by atoms with van der Waals surface area (Å²) in [5, 5.41) is 11.8. The molecule has 0 saturated heterocycles. The molecule has 0 aliphatic heterocycles. The minimum absolute atomic E-state index is 0.587. The first kappa shape index (κ1) is 8.71. The zero-order chi connectivity index (χ0) is 9.26. The second kappa shape index (κ2) is 3.47. The van der Waals surface area contributed by atoms with Gasteiger partial charge in [-0.25, -0.2) is 4.98 Å². The Kier molecular flexibility index (Phi) is 2.32. The second-order valence-corrected chi connectivity index (χ2v) is 4.54. The van der Waals surface area contributed by atoms with E-state index in [1.54, 1.807) is 11.3 Å². The SMILES string of the molecule is CC1CC1c1nc(CCC#N)cs1. The first-order chi connectivity index (χ1) is 6.31. The molecule has 2 unspecified atom stereocenters. The molecule has 1 aromatic heterocycles. The van der Waals surface area contributed by atoms with E-state index in [1.807, 2.05) is 0 Å². The van der Waals surface area contributed by atoms with Gasteiger partial charge in [0, 0.05) is 24.1 Å². The highest BCUT2D eigenvalue weighted by molar-refractivity contribution is 7.09. The third-order valence-electron chi connectivity index (χ3n) is 2.49. The number of aromatic nitrogens is 1. The van der Waals surface area contributed by atoms with Gasteiger partial charge in [-0.05, 0) is 12.3 Å². The molecule has 68 valence electrons. The number of rotatable bonds is 3. The minimum Gasteiger partial charge on any atom is -0.246 e. The van der Waals surface area contributed by atoms with Crippen LogP contribution in [-0.4, -0.2) is 4.98 Å². The molecule has 1 fully saturated rings. The molecule has 13 heavy (non-hydrogen) atoms. The van der Waals surface area contributed by atoms with Crippen molar-refractivity contribution in [2.45, 2.75) is 32.1 Å². The van der Waals surface area contributed by atoms with Gasteiger partial charge in [-0.3, -0.25) is 0 Å². The van der Waals surface area contributed by atoms with E-state index in [9.17, 15) is 0 Å². The zero-order valence-corrected chi connectivity index (χ0v) is 8.47. The van der Waals surface area contributed by atoms with Gasteiger partial charge in [0.25, 0.3) is 0 Å². The Bertz CT molecular complexity index is 337. The Morgan fingerprint density at radius 3 is 3.15 bits per heavy atom. The predicted molar refractivity (Wildman–Crippen MR) is 52.6 cm³/mol. The van der Waals surface area contributed by atoms with E-state index < -0.39 is 0 Å². The number of aryl methyl sites for hydroxylation is 1. The summed E-state index contributed by atoms with van der Waals surface area (Å²) in [5.41, 5.74) is 1.10. The van der Waals surface area contributed by atoms with Gasteiger partial charge in [-0.2, -0.15) is 5.26 Å². The summed E-state index contributed by atoms with van der Waals surface area (Å²) < 4.78 is 0. The highest BCUT2D eigenvalue weighted by Gasteiger charge is 2.36. The number of nitrogens with zero attached hydrogens (tertiary/aromatic N) is 2. The first-order valence-electron chi connectivity index (χ1n) is 4.62. The average molecular weight is 192 g/mol. The topological polar surface area (TPSA) is 36.7 Å². The van der Waals surface area contributed by atoms with Crippen LogP contribution in [0.25, 0.3) is 0 Å². The summed E-state index contributed by atoms with van der Waals surface area (Å²) in [4.78, 5) is 4.53. The van der Waals surface area contributed by atoms with Gasteiger partial charge in [0.2, 0.25) is 0 Å². The third-order valence-corrected chi connectivity index (χ3v) is 3.51. The summed E-state index contributed by atoms with van der Waals surface area (Å²) in [5.74, 6) is 1.55. The van der Waals surface area contributed by atoms with E-state index in [-0.39, 0.29) is 0 Å². The van der Waals surface area contributed by atoms with Crippen LogP contribution in [0.5, 0.6) is 0 Å². The Morgan fingerprint density at radius 1 is 1.77 bits per heavy atom. The normalized spacial score (nSPS) is 25.5. The van der Waals surface area contributed by atoms with Crippen LogP contribution in [0.1, 0.15) is 36.4 Å². The van der Waals surface area contributed by atoms with Gasteiger partial charge < -0.3 is 0 Å². The fraction of sp³-hybridized carbons (Fsp3) is 0.600. The Labute approximate surface area is 82.2 Å². The smallest absolute Gasteiger partial charge is 0.0962 e. The van der Waals surface area contributed by atoms with Gasteiger partial charge >= 0.3 is 0 Å². The highest BCUT2D eigenvalue weighted by Crippen LogP contribution is 2.47. The quantitative estimate of drug-likeness (QED) is 0.738. The van der Waals surface area contributed by atoms with E-state index in [1.165, 1.54) is 11.4 Å². The molecule has 0 aromatic carbocycles. The molecule has 2 nitrogen and oxygen atoms in total. The molecule has 1 aliphatic carbocycles. The van der Waals surface area contributed by atoms with Crippen LogP contribution in [-0.2, 0) is 6.42 Å². The maximum atomic E-state index is 8.42. The van der Waals surface area contributed by atoms with Crippen molar-refractivity contribution in [3.63, 3.8) is 0 Å². The Morgan fingerprint density at radius 2 is 2.54 bits per heavy atom. The van der Waals surface area contributed by atoms with Crippen LogP contribution in [0.4, 0.5) is 0 Å². The highest BCUT2D eigenvalue weighted by atomic mass is 32.1. The molecule has 0 bridgehead atoms. The molecule has 0 spiro atoms. The fourth-order valence-electron chi connectivity index (χ4n) is 1.46. The van der Waals surface area contributed by atoms with Crippen molar-refractivity contribution in [3.8, 4) is 6.07 Å². The lowest BCUT2D eigenvalue weighted by molar-refractivity contribution is 0.884. The molecule has 1 aliphatic rings. The van der Waals surface area contributed by atoms with Gasteiger partial charge in [0.05, 0.1) is 16.8 Å². The van der Waals surface area contributed by atoms with E-state index in [2.05, 4.69) is 23.4 Å². The molecule has 3 heteroatoms. The van der Waals surface area contributed by atoms with E-state index in [0.29, 0.717) is 6.42 Å². The molecule has 2 atom stereocenters. The van der Waals surface area contributed by atoms with Crippen LogP contribution in [0.3, 0.4) is 0 Å². The van der Waals surface area contributed by atoms with Crippen molar-refractivity contribution in [1.82, 2.24) is 4.98 Å². The number of hydrogen-bond donors (Lipinski definition) is 0. The van der Waals surface area contributed by atoms with Crippen molar-refractivity contribution < 1.29 is 0 Å². The second-order valence-electron chi connectivity index (χ2n) is 3.65. The van der Waals surface area contributed by atoms with Gasteiger partial charge in [0.15, 0.2) is 0 Å². The molecule has 0 amide bonds. The van der Waals surface area contributed by atoms with Crippen molar-refractivity contribution >= 4 is 11.3 Å². The van der Waals surface area contributed by atoms with Crippen LogP contribution >= 0.6 is 11.3 Å². The molecule has 1 saturated carbocycles. The predicted octanol–water partition coefficient (Wildman–Crippen LogP) is 2.72. The maximum absolute atomic E-state index is 8.42. The van der Waals surface area contributed by atoms with Crippen LogP contribution in [0, 0.1) is 17.2 Å². The fourth-order valence-corrected chi connectivity index (χ4v) is 2.56. The van der Waals surface area contributed by atoms with E-state index >= 15 is 0 Å². The molecule has 0 N–H and O–H groups in total. The summed E-state index contributed by atoms with van der Waals surface area (Å²) in [6.45, 7) is 2.26. The monoisotopic (exact) mass is 192 g/mol. The lowest BCUT2D eigenvalue weighted by Gasteiger charge is -1.89. The van der Waals surface area contributed by atoms with Crippen LogP contribution in [0.15, 0.2) is 5.38 Å². The van der Waals surface area contributed by atoms with Gasteiger partial charge in [-0.1, -0.05) is 6.92 Å². The van der Waals surface area contributed by atoms with Crippen LogP contribution < -0.4 is 0 Å². The first-order valence-corrected chi connectivity index (χ1v) is 5.50. The largest absolute Gasteiger partial charge is 0.246 e. The lowest BCUT2D eigenvalue weighted by Crippen LogP contribution is -1.85. The zero-order valence-electron chi connectivity index (χ0n) is 7.66. The summed E-state index contributed by atoms with van der Waals surface area (Å²) in [7, 11) is 0. The number of thiazole rings is 1. The lowest BCUT2D eigenvalue weighted by atomic mass is 10.3. The number of hydrogen-bond acceptors (Lipinski definition) is 3. The maximum Gasteiger partial charge on any atom is 0.0962 e. The van der Waals surface area contributed by atoms with Crippen molar-refractivity contribution in [1.29, 1.82) is 5.26 Å². The van der Waals surface area contributed by atoms with Crippen molar-refractivity contribution in [2.75, 3.05) is 0 Å². The van der Waals surface area contributed by atoms with E-state index in [0.717, 1.165) is 24.0 Å². The summed E-state index contributed by atoms with van der Waals surface area (Å²) in [6, 6.07) is 2.14. The van der Waals surface area contributed by atoms with Crippen molar-refractivity contribution in [2.24, 2.45) is 5.92 Å². The van der Waals surface area contributed by atoms with Crippen LogP contribution in [0.2, 0.25) is 0 Å². The molecule has 2 rings (SSSR count). The van der Waals surface area contributed by atoms with Crippen molar-refractivity contribution in [3.05, 3.63) is 16.1 Å². The molecule has 1 aromatic rings. The average Bonchev–Trinajstić information content (AvgIpc) is 2.67. The summed E-state index contributed by atoms with van der Waals surface area (Å²) in [6.07, 6.45) is 2.70. The minimum atomic E-state index is 0.587. The Balaban J connectivity index is 1.98. The van der Waals surface area contributed by atoms with Gasteiger partial charge in [0.1, 0.15) is 0 Å². The van der Waals surface area contributed by atoms with E-state index in [4.69, 9.17) is 5.26 Å². The Hall–Kier alpha value is -0.880.